The Kier molecular flexibility index (Phi) is 2.12. The van der Waals surface area contributed by atoms with Gasteiger partial charge in [0.1, 0.15) is 5.82 Å². The molecule has 4 nitrogen and oxygen atoms in total. The molecule has 0 fully saturated rings. The standard InChI is InChI=1S/C12H11ClN4/c1-17-6-9(13)8-4-7(2-3-11(8)17)10-5-12(14)16-15-10/h2-6H,1H3,(H3,14,15,16). The lowest BCUT2D eigenvalue weighted by Crippen LogP contribution is -1.84. The largest absolute Gasteiger partial charge is 0.382 e. The van der Waals surface area contributed by atoms with E-state index in [4.69, 9.17) is 17.3 Å². The summed E-state index contributed by atoms with van der Waals surface area (Å²) in [7, 11) is 1.97. The molecule has 3 aromatic rings. The molecule has 0 amide bonds. The van der Waals surface area contributed by atoms with Gasteiger partial charge in [0.15, 0.2) is 0 Å². The molecule has 0 aliphatic carbocycles. The number of aromatic nitrogens is 3. The van der Waals surface area contributed by atoms with Crippen LogP contribution < -0.4 is 5.73 Å². The van der Waals surface area contributed by atoms with Crippen LogP contribution in [-0.2, 0) is 7.05 Å². The number of rotatable bonds is 1. The van der Waals surface area contributed by atoms with Gasteiger partial charge in [0.05, 0.1) is 10.7 Å². The molecule has 0 saturated heterocycles. The number of halogens is 1. The first kappa shape index (κ1) is 10.2. The monoisotopic (exact) mass is 246 g/mol. The summed E-state index contributed by atoms with van der Waals surface area (Å²) in [6.07, 6.45) is 1.90. The number of nitrogen functional groups attached to an aromatic ring is 1. The highest BCUT2D eigenvalue weighted by molar-refractivity contribution is 6.35. The van der Waals surface area contributed by atoms with Gasteiger partial charge in [-0.3, -0.25) is 5.10 Å². The summed E-state index contributed by atoms with van der Waals surface area (Å²) < 4.78 is 2.00. The fourth-order valence-electron chi connectivity index (χ4n) is 2.00. The number of hydrogen-bond donors (Lipinski definition) is 2. The minimum absolute atomic E-state index is 0.485. The van der Waals surface area contributed by atoms with Crippen LogP contribution >= 0.6 is 11.6 Å². The smallest absolute Gasteiger partial charge is 0.145 e. The Hall–Kier alpha value is -1.94. The number of aromatic amines is 1. The number of nitrogens with one attached hydrogen (secondary N) is 1. The first-order valence-electron chi connectivity index (χ1n) is 5.21. The quantitative estimate of drug-likeness (QED) is 0.694. The van der Waals surface area contributed by atoms with Crippen molar-refractivity contribution in [2.45, 2.75) is 0 Å². The molecule has 0 saturated carbocycles. The first-order chi connectivity index (χ1) is 8.15. The lowest BCUT2D eigenvalue weighted by atomic mass is 10.1. The van der Waals surface area contributed by atoms with Gasteiger partial charge in [0, 0.05) is 35.8 Å². The van der Waals surface area contributed by atoms with Gasteiger partial charge < -0.3 is 10.3 Å². The summed E-state index contributed by atoms with van der Waals surface area (Å²) >= 11 is 6.17. The fraction of sp³-hybridized carbons (Fsp3) is 0.0833. The van der Waals surface area contributed by atoms with E-state index < -0.39 is 0 Å². The van der Waals surface area contributed by atoms with Crippen LogP contribution in [0.4, 0.5) is 5.82 Å². The van der Waals surface area contributed by atoms with Crippen molar-refractivity contribution in [3.05, 3.63) is 35.5 Å². The summed E-state index contributed by atoms with van der Waals surface area (Å²) in [6, 6.07) is 7.89. The van der Waals surface area contributed by atoms with Gasteiger partial charge in [0.25, 0.3) is 0 Å². The van der Waals surface area contributed by atoms with Gasteiger partial charge in [-0.1, -0.05) is 17.7 Å². The zero-order chi connectivity index (χ0) is 12.0. The molecular formula is C12H11ClN4. The number of hydrogen-bond acceptors (Lipinski definition) is 2. The molecule has 0 aliphatic heterocycles. The predicted octanol–water partition coefficient (Wildman–Crippen LogP) is 2.80. The zero-order valence-corrected chi connectivity index (χ0v) is 9.99. The van der Waals surface area contributed by atoms with Crippen LogP contribution in [0, 0.1) is 0 Å². The van der Waals surface area contributed by atoms with Crippen LogP contribution in [0.5, 0.6) is 0 Å². The number of H-pyrrole nitrogens is 1. The summed E-state index contributed by atoms with van der Waals surface area (Å²) in [6.45, 7) is 0. The van der Waals surface area contributed by atoms with Crippen LogP contribution in [0.2, 0.25) is 5.02 Å². The molecule has 0 spiro atoms. The Morgan fingerprint density at radius 1 is 1.35 bits per heavy atom. The second kappa shape index (κ2) is 3.53. The summed E-state index contributed by atoms with van der Waals surface area (Å²) in [5.74, 6) is 0.485. The Bertz CT molecular complexity index is 696. The lowest BCUT2D eigenvalue weighted by molar-refractivity contribution is 0.969. The molecule has 3 N–H and O–H groups in total. The van der Waals surface area contributed by atoms with E-state index in [9.17, 15) is 0 Å². The molecule has 0 bridgehead atoms. The van der Waals surface area contributed by atoms with Crippen molar-refractivity contribution >= 4 is 28.3 Å². The van der Waals surface area contributed by atoms with E-state index in [1.165, 1.54) is 0 Å². The Balaban J connectivity index is 2.22. The molecule has 0 atom stereocenters. The Labute approximate surface area is 103 Å². The number of benzene rings is 1. The molecule has 2 heterocycles. The van der Waals surface area contributed by atoms with Gasteiger partial charge in [-0.15, -0.1) is 0 Å². The maximum absolute atomic E-state index is 6.17. The maximum atomic E-state index is 6.17. The van der Waals surface area contributed by atoms with E-state index in [2.05, 4.69) is 10.2 Å². The van der Waals surface area contributed by atoms with Gasteiger partial charge in [-0.05, 0) is 12.1 Å². The molecular weight excluding hydrogens is 236 g/mol. The van der Waals surface area contributed by atoms with Crippen molar-refractivity contribution in [3.63, 3.8) is 0 Å². The van der Waals surface area contributed by atoms with E-state index in [0.717, 1.165) is 27.2 Å². The molecule has 86 valence electrons. The average molecular weight is 247 g/mol. The number of nitrogens with two attached hydrogens (primary N) is 1. The highest BCUT2D eigenvalue weighted by Crippen LogP contribution is 2.29. The summed E-state index contributed by atoms with van der Waals surface area (Å²) in [4.78, 5) is 0. The van der Waals surface area contributed by atoms with Crippen molar-refractivity contribution in [1.29, 1.82) is 0 Å². The van der Waals surface area contributed by atoms with E-state index in [1.807, 2.05) is 36.0 Å². The predicted molar refractivity (Wildman–Crippen MR) is 69.9 cm³/mol. The summed E-state index contributed by atoms with van der Waals surface area (Å²) in [5.41, 5.74) is 8.61. The topological polar surface area (TPSA) is 59.6 Å². The minimum Gasteiger partial charge on any atom is -0.382 e. The van der Waals surface area contributed by atoms with Crippen molar-refractivity contribution in [2.75, 3.05) is 5.73 Å². The molecule has 2 aromatic heterocycles. The Morgan fingerprint density at radius 2 is 2.18 bits per heavy atom. The van der Waals surface area contributed by atoms with E-state index >= 15 is 0 Å². The number of aryl methyl sites for hydroxylation is 1. The number of nitrogens with zero attached hydrogens (tertiary/aromatic N) is 2. The van der Waals surface area contributed by atoms with E-state index in [-0.39, 0.29) is 0 Å². The molecule has 0 aliphatic rings. The lowest BCUT2D eigenvalue weighted by Gasteiger charge is -1.99. The van der Waals surface area contributed by atoms with Gasteiger partial charge >= 0.3 is 0 Å². The molecule has 0 radical (unpaired) electrons. The van der Waals surface area contributed by atoms with Gasteiger partial charge in [-0.25, -0.2) is 0 Å². The van der Waals surface area contributed by atoms with Crippen molar-refractivity contribution in [1.82, 2.24) is 14.8 Å². The van der Waals surface area contributed by atoms with Crippen molar-refractivity contribution in [3.8, 4) is 11.3 Å². The van der Waals surface area contributed by atoms with E-state index in [0.29, 0.717) is 5.82 Å². The maximum Gasteiger partial charge on any atom is 0.145 e. The minimum atomic E-state index is 0.485. The van der Waals surface area contributed by atoms with Crippen LogP contribution in [0.1, 0.15) is 0 Å². The van der Waals surface area contributed by atoms with E-state index in [1.54, 1.807) is 6.07 Å². The molecule has 3 rings (SSSR count). The fourth-order valence-corrected chi connectivity index (χ4v) is 2.29. The van der Waals surface area contributed by atoms with Crippen LogP contribution in [0.15, 0.2) is 30.5 Å². The number of anilines is 1. The highest BCUT2D eigenvalue weighted by atomic mass is 35.5. The van der Waals surface area contributed by atoms with Crippen molar-refractivity contribution in [2.24, 2.45) is 7.05 Å². The SMILES string of the molecule is Cn1cc(Cl)c2cc(-c3cc(N)n[nH]3)ccc21. The third-order valence-corrected chi connectivity index (χ3v) is 3.15. The molecule has 5 heteroatoms. The second-order valence-corrected chi connectivity index (χ2v) is 4.43. The van der Waals surface area contributed by atoms with Crippen LogP contribution in [-0.4, -0.2) is 14.8 Å². The highest BCUT2D eigenvalue weighted by Gasteiger charge is 2.07. The molecule has 0 unspecified atom stereocenters. The normalized spacial score (nSPS) is 11.2. The summed E-state index contributed by atoms with van der Waals surface area (Å²) in [5, 5.41) is 8.58. The second-order valence-electron chi connectivity index (χ2n) is 4.03. The first-order valence-corrected chi connectivity index (χ1v) is 5.59. The third kappa shape index (κ3) is 1.57. The number of fused-ring (bicyclic) bond motifs is 1. The van der Waals surface area contributed by atoms with Gasteiger partial charge in [-0.2, -0.15) is 5.10 Å². The van der Waals surface area contributed by atoms with Crippen molar-refractivity contribution < 1.29 is 0 Å². The average Bonchev–Trinajstić information content (AvgIpc) is 2.85. The van der Waals surface area contributed by atoms with Crippen LogP contribution in [0.25, 0.3) is 22.2 Å². The zero-order valence-electron chi connectivity index (χ0n) is 9.24. The molecule has 17 heavy (non-hydrogen) atoms. The molecule has 1 aromatic carbocycles. The Morgan fingerprint density at radius 3 is 2.88 bits per heavy atom. The van der Waals surface area contributed by atoms with Crippen LogP contribution in [0.3, 0.4) is 0 Å². The van der Waals surface area contributed by atoms with Gasteiger partial charge in [0.2, 0.25) is 0 Å². The third-order valence-electron chi connectivity index (χ3n) is 2.85.